The summed E-state index contributed by atoms with van der Waals surface area (Å²) in [4.78, 5) is 29.9. The molecule has 7 heteroatoms. The van der Waals surface area contributed by atoms with Crippen LogP contribution in [0.15, 0.2) is 23.1 Å². The quantitative estimate of drug-likeness (QED) is 0.920. The van der Waals surface area contributed by atoms with Crippen LogP contribution in [-0.2, 0) is 7.05 Å². The number of aromatic nitrogens is 3. The average Bonchev–Trinajstić information content (AvgIpc) is 2.65. The number of pyridine rings is 1. The fourth-order valence-electron chi connectivity index (χ4n) is 3.49. The highest BCUT2D eigenvalue weighted by molar-refractivity contribution is 5.71. The Kier molecular flexibility index (Phi) is 3.46. The summed E-state index contributed by atoms with van der Waals surface area (Å²) in [5.41, 5.74) is 0.913. The van der Waals surface area contributed by atoms with Gasteiger partial charge in [0, 0.05) is 30.9 Å². The highest BCUT2D eigenvalue weighted by Crippen LogP contribution is 2.39. The Morgan fingerprint density at radius 2 is 2.04 bits per heavy atom. The Bertz CT molecular complexity index is 809. The van der Waals surface area contributed by atoms with Gasteiger partial charge in [-0.2, -0.15) is 0 Å². The van der Waals surface area contributed by atoms with Gasteiger partial charge in [-0.15, -0.1) is 0 Å². The lowest BCUT2D eigenvalue weighted by Crippen LogP contribution is -2.56. The van der Waals surface area contributed by atoms with Crippen molar-refractivity contribution in [2.75, 3.05) is 0 Å². The van der Waals surface area contributed by atoms with E-state index in [0.717, 1.165) is 5.52 Å². The summed E-state index contributed by atoms with van der Waals surface area (Å²) in [7, 11) is 1.73. The van der Waals surface area contributed by atoms with E-state index in [1.165, 1.54) is 4.90 Å². The van der Waals surface area contributed by atoms with E-state index in [1.54, 1.807) is 22.4 Å². The molecule has 0 aliphatic heterocycles. The van der Waals surface area contributed by atoms with E-state index in [9.17, 15) is 14.7 Å². The number of fused-ring (bicyclic) bond motifs is 1. The lowest BCUT2D eigenvalue weighted by molar-refractivity contribution is 0.0218. The van der Waals surface area contributed by atoms with Crippen LogP contribution in [0, 0.1) is 0 Å². The first-order valence-corrected chi connectivity index (χ1v) is 7.76. The van der Waals surface area contributed by atoms with Crippen LogP contribution >= 0.6 is 0 Å². The zero-order valence-corrected chi connectivity index (χ0v) is 13.9. The van der Waals surface area contributed by atoms with Crippen LogP contribution < -0.4 is 5.69 Å². The molecule has 2 heterocycles. The number of hydrogen-bond acceptors (Lipinski definition) is 3. The minimum atomic E-state index is -0.913. The lowest BCUT2D eigenvalue weighted by Gasteiger charge is -2.47. The van der Waals surface area contributed by atoms with Crippen LogP contribution in [-0.4, -0.2) is 41.8 Å². The van der Waals surface area contributed by atoms with E-state index in [-0.39, 0.29) is 17.8 Å². The molecule has 0 bridgehead atoms. The molecule has 124 valence electrons. The standard InChI is InChI=1S/C16H22N4O3/c1-16(2,3)20(15(22)23)11-8-10(9-11)19-13-12(6-5-7-17-13)18(4)14(19)21/h5-7,10-11H,8-9H2,1-4H3,(H,22,23)/t10-,11-. The first-order valence-electron chi connectivity index (χ1n) is 7.76. The molecule has 0 saturated heterocycles. The zero-order chi connectivity index (χ0) is 16.9. The van der Waals surface area contributed by atoms with Gasteiger partial charge in [0.15, 0.2) is 5.65 Å². The van der Waals surface area contributed by atoms with Crippen LogP contribution in [0.1, 0.15) is 39.7 Å². The van der Waals surface area contributed by atoms with Gasteiger partial charge in [0.25, 0.3) is 0 Å². The number of carbonyl (C=O) groups is 1. The SMILES string of the molecule is Cn1c(=O)n([C@H]2C[C@H](N(C(=O)O)C(C)(C)C)C2)c2ncccc21. The van der Waals surface area contributed by atoms with E-state index in [4.69, 9.17) is 0 Å². The highest BCUT2D eigenvalue weighted by Gasteiger charge is 2.43. The average molecular weight is 318 g/mol. The predicted octanol–water partition coefficient (Wildman–Crippen LogP) is 2.22. The molecule has 7 nitrogen and oxygen atoms in total. The number of hydrogen-bond donors (Lipinski definition) is 1. The number of rotatable bonds is 2. The Balaban J connectivity index is 1.90. The third-order valence-electron chi connectivity index (χ3n) is 4.60. The fourth-order valence-corrected chi connectivity index (χ4v) is 3.49. The van der Waals surface area contributed by atoms with Gasteiger partial charge >= 0.3 is 11.8 Å². The molecule has 1 fully saturated rings. The molecule has 0 atom stereocenters. The molecule has 2 aromatic heterocycles. The Labute approximate surface area is 134 Å². The van der Waals surface area contributed by atoms with Gasteiger partial charge in [0.2, 0.25) is 0 Å². The maximum Gasteiger partial charge on any atom is 0.407 e. The van der Waals surface area contributed by atoms with Crippen LogP contribution in [0.3, 0.4) is 0 Å². The molecular formula is C16H22N4O3. The van der Waals surface area contributed by atoms with Crippen molar-refractivity contribution in [2.24, 2.45) is 7.05 Å². The Morgan fingerprint density at radius 1 is 1.39 bits per heavy atom. The van der Waals surface area contributed by atoms with Crippen molar-refractivity contribution in [3.8, 4) is 0 Å². The minimum Gasteiger partial charge on any atom is -0.465 e. The second-order valence-corrected chi connectivity index (χ2v) is 7.16. The smallest absolute Gasteiger partial charge is 0.407 e. The normalized spacial score (nSPS) is 21.2. The van der Waals surface area contributed by atoms with Crippen LogP contribution in [0.25, 0.3) is 11.2 Å². The number of nitrogens with zero attached hydrogens (tertiary/aromatic N) is 4. The van der Waals surface area contributed by atoms with Gasteiger partial charge in [-0.1, -0.05) is 0 Å². The Morgan fingerprint density at radius 3 is 2.61 bits per heavy atom. The molecule has 1 saturated carbocycles. The van der Waals surface area contributed by atoms with E-state index in [2.05, 4.69) is 4.98 Å². The van der Waals surface area contributed by atoms with Gasteiger partial charge in [0.05, 0.1) is 5.52 Å². The summed E-state index contributed by atoms with van der Waals surface area (Å²) in [5.74, 6) is 0. The minimum absolute atomic E-state index is 0.00435. The van der Waals surface area contributed by atoms with Crippen LogP contribution in [0.5, 0.6) is 0 Å². The zero-order valence-electron chi connectivity index (χ0n) is 13.9. The molecule has 1 N–H and O–H groups in total. The third kappa shape index (κ3) is 2.40. The van der Waals surface area contributed by atoms with Crippen molar-refractivity contribution < 1.29 is 9.90 Å². The van der Waals surface area contributed by atoms with Gasteiger partial charge < -0.3 is 10.0 Å². The number of aryl methyl sites for hydroxylation is 1. The van der Waals surface area contributed by atoms with E-state index in [1.807, 2.05) is 32.9 Å². The second-order valence-electron chi connectivity index (χ2n) is 7.16. The fraction of sp³-hybridized carbons (Fsp3) is 0.562. The maximum atomic E-state index is 12.5. The molecule has 3 rings (SSSR count). The predicted molar refractivity (Wildman–Crippen MR) is 86.6 cm³/mol. The van der Waals surface area contributed by atoms with Gasteiger partial charge in [-0.3, -0.25) is 9.13 Å². The first kappa shape index (κ1) is 15.6. The summed E-state index contributed by atoms with van der Waals surface area (Å²) in [6, 6.07) is 3.61. The van der Waals surface area contributed by atoms with Crippen molar-refractivity contribution in [2.45, 2.75) is 51.2 Å². The molecule has 1 amide bonds. The number of imidazole rings is 1. The summed E-state index contributed by atoms with van der Waals surface area (Å²) >= 11 is 0. The number of amides is 1. The first-order chi connectivity index (χ1) is 10.7. The van der Waals surface area contributed by atoms with Gasteiger partial charge in [-0.05, 0) is 45.7 Å². The third-order valence-corrected chi connectivity index (χ3v) is 4.60. The van der Waals surface area contributed by atoms with Gasteiger partial charge in [0.1, 0.15) is 0 Å². The molecular weight excluding hydrogens is 296 g/mol. The molecule has 0 spiro atoms. The molecule has 1 aliphatic carbocycles. The van der Waals surface area contributed by atoms with Crippen LogP contribution in [0.4, 0.5) is 4.79 Å². The number of carboxylic acid groups (broad SMARTS) is 1. The molecule has 0 aromatic carbocycles. The summed E-state index contributed by atoms with van der Waals surface area (Å²) in [6.45, 7) is 5.67. The van der Waals surface area contributed by atoms with Gasteiger partial charge in [-0.25, -0.2) is 14.6 Å². The van der Waals surface area contributed by atoms with E-state index < -0.39 is 11.6 Å². The lowest BCUT2D eigenvalue weighted by atomic mass is 9.83. The molecule has 0 radical (unpaired) electrons. The molecule has 23 heavy (non-hydrogen) atoms. The van der Waals surface area contributed by atoms with Crippen molar-refractivity contribution in [1.82, 2.24) is 19.0 Å². The highest BCUT2D eigenvalue weighted by atomic mass is 16.4. The Hall–Kier alpha value is -2.31. The summed E-state index contributed by atoms with van der Waals surface area (Å²) < 4.78 is 3.29. The molecule has 0 unspecified atom stereocenters. The van der Waals surface area contributed by atoms with Crippen molar-refractivity contribution in [3.05, 3.63) is 28.8 Å². The van der Waals surface area contributed by atoms with Crippen molar-refractivity contribution >= 4 is 17.3 Å². The van der Waals surface area contributed by atoms with E-state index >= 15 is 0 Å². The topological polar surface area (TPSA) is 80.4 Å². The largest absolute Gasteiger partial charge is 0.465 e. The van der Waals surface area contributed by atoms with E-state index in [0.29, 0.717) is 18.5 Å². The monoisotopic (exact) mass is 318 g/mol. The van der Waals surface area contributed by atoms with Crippen LogP contribution in [0.2, 0.25) is 0 Å². The van der Waals surface area contributed by atoms with Crippen molar-refractivity contribution in [3.63, 3.8) is 0 Å². The second kappa shape index (κ2) is 5.11. The molecule has 2 aromatic rings. The summed E-state index contributed by atoms with van der Waals surface area (Å²) in [5, 5.41) is 9.47. The van der Waals surface area contributed by atoms with Crippen molar-refractivity contribution in [1.29, 1.82) is 0 Å². The molecule has 1 aliphatic rings. The summed E-state index contributed by atoms with van der Waals surface area (Å²) in [6.07, 6.45) is 2.04. The maximum absolute atomic E-state index is 12.5.